The van der Waals surface area contributed by atoms with Crippen molar-refractivity contribution < 1.29 is 0 Å². The van der Waals surface area contributed by atoms with E-state index in [2.05, 4.69) is 5.32 Å². The van der Waals surface area contributed by atoms with E-state index in [-0.39, 0.29) is 15.1 Å². The zero-order valence-corrected chi connectivity index (χ0v) is 13.3. The molecule has 18 heavy (non-hydrogen) atoms. The number of benzene rings is 1. The van der Waals surface area contributed by atoms with E-state index in [1.54, 1.807) is 0 Å². The lowest BCUT2D eigenvalue weighted by molar-refractivity contribution is 0.463. The topological polar surface area (TPSA) is 12.0 Å². The first kappa shape index (κ1) is 14.9. The Morgan fingerprint density at radius 2 is 1.11 bits per heavy atom. The van der Waals surface area contributed by atoms with Crippen LogP contribution in [-0.4, -0.2) is 6.04 Å². The highest BCUT2D eigenvalue weighted by Gasteiger charge is 2.22. The van der Waals surface area contributed by atoms with Gasteiger partial charge in [-0.25, -0.2) is 0 Å². The molecule has 0 aromatic heterocycles. The highest BCUT2D eigenvalue weighted by molar-refractivity contribution is 6.56. The lowest BCUT2D eigenvalue weighted by Gasteiger charge is -2.25. The van der Waals surface area contributed by atoms with Gasteiger partial charge in [-0.1, -0.05) is 77.3 Å². The molecule has 1 aliphatic carbocycles. The van der Waals surface area contributed by atoms with Gasteiger partial charge in [0.1, 0.15) is 0 Å². The van der Waals surface area contributed by atoms with Gasteiger partial charge >= 0.3 is 0 Å². The molecule has 1 fully saturated rings. The highest BCUT2D eigenvalue weighted by atomic mass is 35.5. The molecule has 0 amide bonds. The monoisotopic (exact) mass is 345 g/mol. The second-order valence-electron chi connectivity index (χ2n) is 4.42. The Balaban J connectivity index is 2.32. The van der Waals surface area contributed by atoms with Crippen molar-refractivity contribution in [1.82, 2.24) is 0 Å². The van der Waals surface area contributed by atoms with E-state index >= 15 is 0 Å². The predicted molar refractivity (Wildman–Crippen MR) is 82.0 cm³/mol. The molecule has 0 saturated heterocycles. The highest BCUT2D eigenvalue weighted by Crippen LogP contribution is 2.47. The number of hydrogen-bond donors (Lipinski definition) is 1. The minimum absolute atomic E-state index is 0.197. The minimum Gasteiger partial charge on any atom is -0.380 e. The lowest BCUT2D eigenvalue weighted by Crippen LogP contribution is -2.22. The summed E-state index contributed by atoms with van der Waals surface area (Å²) in [6.45, 7) is 0. The third-order valence-electron chi connectivity index (χ3n) is 3.16. The Bertz CT molecular complexity index is 425. The lowest BCUT2D eigenvalue weighted by atomic mass is 9.95. The van der Waals surface area contributed by atoms with Crippen molar-refractivity contribution in [3.63, 3.8) is 0 Å². The van der Waals surface area contributed by atoms with Gasteiger partial charge in [0, 0.05) is 6.04 Å². The van der Waals surface area contributed by atoms with Gasteiger partial charge in [-0.3, -0.25) is 0 Å². The molecule has 1 aromatic carbocycles. The summed E-state index contributed by atoms with van der Waals surface area (Å²) in [5, 5.41) is 4.68. The molecule has 0 bridgehead atoms. The molecule has 100 valence electrons. The second-order valence-corrected chi connectivity index (χ2v) is 6.31. The first-order valence-corrected chi connectivity index (χ1v) is 7.69. The van der Waals surface area contributed by atoms with E-state index < -0.39 is 0 Å². The van der Waals surface area contributed by atoms with Crippen LogP contribution in [0.1, 0.15) is 32.1 Å². The van der Waals surface area contributed by atoms with E-state index in [1.807, 2.05) is 0 Å². The van der Waals surface area contributed by atoms with Gasteiger partial charge in [0.2, 0.25) is 0 Å². The second kappa shape index (κ2) is 6.28. The molecule has 1 N–H and O–H groups in total. The van der Waals surface area contributed by atoms with E-state index in [0.717, 1.165) is 12.8 Å². The summed E-state index contributed by atoms with van der Waals surface area (Å²) in [7, 11) is 0. The maximum Gasteiger partial charge on any atom is 0.0855 e. The zero-order chi connectivity index (χ0) is 13.3. The summed E-state index contributed by atoms with van der Waals surface area (Å²) in [4.78, 5) is 0. The quantitative estimate of drug-likeness (QED) is 0.464. The average Bonchev–Trinajstić information content (AvgIpc) is 2.40. The molecule has 0 aliphatic heterocycles. The number of anilines is 1. The van der Waals surface area contributed by atoms with E-state index in [4.69, 9.17) is 58.0 Å². The van der Waals surface area contributed by atoms with Crippen LogP contribution in [0.25, 0.3) is 0 Å². The Labute approximate surface area is 132 Å². The first-order valence-electron chi connectivity index (χ1n) is 5.80. The standard InChI is InChI=1S/C12H12Cl5N/c13-7-8(14)10(16)12(11(17)9(7)15)18-6-4-2-1-3-5-6/h6,18H,1-5H2. The van der Waals surface area contributed by atoms with Crippen molar-refractivity contribution in [2.45, 2.75) is 38.1 Å². The van der Waals surface area contributed by atoms with Crippen LogP contribution in [0.4, 0.5) is 5.69 Å². The normalized spacial score (nSPS) is 16.9. The summed E-state index contributed by atoms with van der Waals surface area (Å²) in [6.07, 6.45) is 5.90. The summed E-state index contributed by atoms with van der Waals surface area (Å²) in [6, 6.07) is 0.363. The van der Waals surface area contributed by atoms with Gasteiger partial charge in [0.05, 0.1) is 30.8 Å². The molecule has 1 aromatic rings. The molecule has 0 spiro atoms. The summed E-state index contributed by atoms with van der Waals surface area (Å²) in [5.41, 5.74) is 0.588. The molecule has 1 aliphatic rings. The van der Waals surface area contributed by atoms with Crippen LogP contribution in [-0.2, 0) is 0 Å². The molecule has 6 heteroatoms. The molecular weight excluding hydrogens is 335 g/mol. The van der Waals surface area contributed by atoms with Crippen molar-refractivity contribution in [3.05, 3.63) is 25.1 Å². The van der Waals surface area contributed by atoms with E-state index in [9.17, 15) is 0 Å². The molecule has 0 radical (unpaired) electrons. The Hall–Kier alpha value is 0.470. The number of hydrogen-bond acceptors (Lipinski definition) is 1. The zero-order valence-electron chi connectivity index (χ0n) is 9.50. The maximum absolute atomic E-state index is 6.17. The summed E-state index contributed by atoms with van der Waals surface area (Å²) < 4.78 is 0. The van der Waals surface area contributed by atoms with Gasteiger partial charge in [-0.2, -0.15) is 0 Å². The van der Waals surface area contributed by atoms with Crippen LogP contribution in [0.2, 0.25) is 25.1 Å². The van der Waals surface area contributed by atoms with Crippen molar-refractivity contribution in [2.75, 3.05) is 5.32 Å². The van der Waals surface area contributed by atoms with Crippen molar-refractivity contribution >= 4 is 63.7 Å². The smallest absolute Gasteiger partial charge is 0.0855 e. The van der Waals surface area contributed by atoms with Crippen LogP contribution >= 0.6 is 58.0 Å². The number of nitrogens with one attached hydrogen (secondary N) is 1. The molecule has 2 rings (SSSR count). The van der Waals surface area contributed by atoms with Gasteiger partial charge in [-0.05, 0) is 12.8 Å². The van der Waals surface area contributed by atoms with Crippen LogP contribution in [0.5, 0.6) is 0 Å². The fourth-order valence-corrected chi connectivity index (χ4v) is 3.43. The third kappa shape index (κ3) is 2.96. The van der Waals surface area contributed by atoms with Gasteiger partial charge in [0.15, 0.2) is 0 Å². The SMILES string of the molecule is Clc1c(Cl)c(Cl)c(NC2CCCCC2)c(Cl)c1Cl. The van der Waals surface area contributed by atoms with Crippen LogP contribution in [0, 0.1) is 0 Å². The molecule has 0 unspecified atom stereocenters. The third-order valence-corrected chi connectivity index (χ3v) is 5.44. The molecular formula is C12H12Cl5N. The maximum atomic E-state index is 6.17. The van der Waals surface area contributed by atoms with Gasteiger partial charge in [0.25, 0.3) is 0 Å². The van der Waals surface area contributed by atoms with Crippen molar-refractivity contribution in [2.24, 2.45) is 0 Å². The largest absolute Gasteiger partial charge is 0.380 e. The van der Waals surface area contributed by atoms with Crippen molar-refractivity contribution in [3.8, 4) is 0 Å². The number of rotatable bonds is 2. The molecule has 1 nitrogen and oxygen atoms in total. The Morgan fingerprint density at radius 3 is 1.61 bits per heavy atom. The van der Waals surface area contributed by atoms with Crippen molar-refractivity contribution in [1.29, 1.82) is 0 Å². The molecule has 1 saturated carbocycles. The number of halogens is 5. The van der Waals surface area contributed by atoms with Gasteiger partial charge < -0.3 is 5.32 Å². The Morgan fingerprint density at radius 1 is 0.667 bits per heavy atom. The Kier molecular flexibility index (Phi) is 5.19. The van der Waals surface area contributed by atoms with E-state index in [1.165, 1.54) is 19.3 Å². The van der Waals surface area contributed by atoms with E-state index in [0.29, 0.717) is 21.8 Å². The van der Waals surface area contributed by atoms with Crippen LogP contribution < -0.4 is 5.32 Å². The summed E-state index contributed by atoms with van der Waals surface area (Å²) in [5.74, 6) is 0. The predicted octanol–water partition coefficient (Wildman–Crippen LogP) is 6.70. The first-order chi connectivity index (χ1) is 8.52. The molecule has 0 heterocycles. The van der Waals surface area contributed by atoms with Gasteiger partial charge in [-0.15, -0.1) is 0 Å². The minimum atomic E-state index is 0.197. The fourth-order valence-electron chi connectivity index (χ4n) is 2.18. The summed E-state index contributed by atoms with van der Waals surface area (Å²) >= 11 is 30.3. The fraction of sp³-hybridized carbons (Fsp3) is 0.500. The molecule has 0 atom stereocenters. The van der Waals surface area contributed by atoms with Crippen LogP contribution in [0.3, 0.4) is 0 Å². The van der Waals surface area contributed by atoms with Crippen LogP contribution in [0.15, 0.2) is 0 Å². The average molecular weight is 348 g/mol.